The maximum atomic E-state index is 10.2. The van der Waals surface area contributed by atoms with Gasteiger partial charge in [-0.3, -0.25) is 4.90 Å². The number of hydrogen-bond acceptors (Lipinski definition) is 2. The monoisotopic (exact) mass is 265 g/mol. The van der Waals surface area contributed by atoms with Gasteiger partial charge in [-0.1, -0.05) is 19.8 Å². The van der Waals surface area contributed by atoms with E-state index in [-0.39, 0.29) is 6.10 Å². The fourth-order valence-corrected chi connectivity index (χ4v) is 5.03. The van der Waals surface area contributed by atoms with Crippen LogP contribution in [0.15, 0.2) is 0 Å². The Morgan fingerprint density at radius 2 is 1.74 bits per heavy atom. The summed E-state index contributed by atoms with van der Waals surface area (Å²) in [5.41, 5.74) is 0. The average Bonchev–Trinajstić information content (AvgIpc) is 3.07. The molecule has 0 aromatic carbocycles. The Labute approximate surface area is 118 Å². The van der Waals surface area contributed by atoms with Crippen LogP contribution in [0.4, 0.5) is 0 Å². The van der Waals surface area contributed by atoms with Crippen LogP contribution in [0.1, 0.15) is 71.1 Å². The summed E-state index contributed by atoms with van der Waals surface area (Å²) < 4.78 is 0. The number of nitrogens with zero attached hydrogens (tertiary/aromatic N) is 1. The van der Waals surface area contributed by atoms with Crippen molar-refractivity contribution in [2.24, 2.45) is 11.8 Å². The average molecular weight is 265 g/mol. The van der Waals surface area contributed by atoms with Crippen LogP contribution in [0, 0.1) is 11.8 Å². The van der Waals surface area contributed by atoms with Gasteiger partial charge in [0.25, 0.3) is 0 Å². The van der Waals surface area contributed by atoms with Crippen LogP contribution in [0.2, 0.25) is 0 Å². The molecule has 2 nitrogen and oxygen atoms in total. The molecule has 0 spiro atoms. The standard InChI is InChI=1S/C17H31NO/c1-2-13-8-10-14(11-9-13)18-12-4-6-16(18)15-5-3-7-17(15)19/h13-17,19H,2-12H2,1H3. The molecule has 19 heavy (non-hydrogen) atoms. The summed E-state index contributed by atoms with van der Waals surface area (Å²) in [6.45, 7) is 3.65. The predicted octanol–water partition coefficient (Wildman–Crippen LogP) is 3.58. The van der Waals surface area contributed by atoms with Gasteiger partial charge >= 0.3 is 0 Å². The minimum atomic E-state index is -0.00224. The van der Waals surface area contributed by atoms with E-state index in [4.69, 9.17) is 0 Å². The Kier molecular flexibility index (Phi) is 4.48. The van der Waals surface area contributed by atoms with Gasteiger partial charge in [0.05, 0.1) is 6.10 Å². The van der Waals surface area contributed by atoms with E-state index in [0.717, 1.165) is 18.4 Å². The summed E-state index contributed by atoms with van der Waals surface area (Å²) in [6, 6.07) is 1.55. The molecule has 1 N–H and O–H groups in total. The topological polar surface area (TPSA) is 23.5 Å². The molecule has 0 bridgehead atoms. The van der Waals surface area contributed by atoms with Gasteiger partial charge in [-0.2, -0.15) is 0 Å². The lowest BCUT2D eigenvalue weighted by Gasteiger charge is -2.40. The van der Waals surface area contributed by atoms with Crippen molar-refractivity contribution in [1.82, 2.24) is 4.90 Å². The number of hydrogen-bond donors (Lipinski definition) is 1. The third kappa shape index (κ3) is 2.85. The molecular weight excluding hydrogens is 234 g/mol. The van der Waals surface area contributed by atoms with Crippen LogP contribution < -0.4 is 0 Å². The molecule has 1 aliphatic heterocycles. The van der Waals surface area contributed by atoms with E-state index in [9.17, 15) is 5.11 Å². The van der Waals surface area contributed by atoms with Crippen molar-refractivity contribution in [3.05, 3.63) is 0 Å². The van der Waals surface area contributed by atoms with Gasteiger partial charge in [0.2, 0.25) is 0 Å². The molecule has 1 heterocycles. The molecule has 3 atom stereocenters. The van der Waals surface area contributed by atoms with Crippen molar-refractivity contribution in [1.29, 1.82) is 0 Å². The molecule has 0 radical (unpaired) electrons. The largest absolute Gasteiger partial charge is 0.393 e. The van der Waals surface area contributed by atoms with Crippen molar-refractivity contribution in [3.63, 3.8) is 0 Å². The Morgan fingerprint density at radius 3 is 2.37 bits per heavy atom. The lowest BCUT2D eigenvalue weighted by atomic mass is 9.83. The highest BCUT2D eigenvalue weighted by molar-refractivity contribution is 4.95. The maximum Gasteiger partial charge on any atom is 0.0583 e. The van der Waals surface area contributed by atoms with Crippen molar-refractivity contribution in [3.8, 4) is 0 Å². The van der Waals surface area contributed by atoms with E-state index in [1.807, 2.05) is 0 Å². The van der Waals surface area contributed by atoms with Crippen LogP contribution in [0.3, 0.4) is 0 Å². The first-order valence-corrected chi connectivity index (χ1v) is 8.73. The maximum absolute atomic E-state index is 10.2. The third-order valence-electron chi connectivity index (χ3n) is 6.23. The van der Waals surface area contributed by atoms with Gasteiger partial charge in [0, 0.05) is 18.0 Å². The lowest BCUT2D eigenvalue weighted by molar-refractivity contribution is 0.0420. The Hall–Kier alpha value is -0.0800. The summed E-state index contributed by atoms with van der Waals surface area (Å²) >= 11 is 0. The van der Waals surface area contributed by atoms with Gasteiger partial charge in [-0.15, -0.1) is 0 Å². The van der Waals surface area contributed by atoms with Crippen LogP contribution in [0.5, 0.6) is 0 Å². The Morgan fingerprint density at radius 1 is 0.947 bits per heavy atom. The summed E-state index contributed by atoms with van der Waals surface area (Å²) in [5.74, 6) is 1.58. The molecule has 1 saturated heterocycles. The molecule has 3 rings (SSSR count). The summed E-state index contributed by atoms with van der Waals surface area (Å²) in [4.78, 5) is 2.81. The van der Waals surface area contributed by atoms with E-state index in [0.29, 0.717) is 12.0 Å². The molecular formula is C17H31NO. The SMILES string of the molecule is CCC1CCC(N2CCCC2C2CCCC2O)CC1. The quantitative estimate of drug-likeness (QED) is 0.843. The summed E-state index contributed by atoms with van der Waals surface area (Å²) in [5, 5.41) is 10.2. The first-order valence-electron chi connectivity index (χ1n) is 8.73. The van der Waals surface area contributed by atoms with E-state index in [1.165, 1.54) is 64.3 Å². The molecule has 3 aliphatic rings. The zero-order chi connectivity index (χ0) is 13.2. The van der Waals surface area contributed by atoms with Gasteiger partial charge in [-0.25, -0.2) is 0 Å². The first kappa shape index (κ1) is 13.9. The second-order valence-electron chi connectivity index (χ2n) is 7.19. The number of aliphatic hydroxyl groups is 1. The minimum Gasteiger partial charge on any atom is -0.393 e. The van der Waals surface area contributed by atoms with Crippen LogP contribution >= 0.6 is 0 Å². The fourth-order valence-electron chi connectivity index (χ4n) is 5.03. The summed E-state index contributed by atoms with van der Waals surface area (Å²) in [7, 11) is 0. The number of likely N-dealkylation sites (tertiary alicyclic amines) is 1. The van der Waals surface area contributed by atoms with Crippen molar-refractivity contribution in [2.45, 2.75) is 89.3 Å². The normalized spacial score (nSPS) is 44.8. The highest BCUT2D eigenvalue weighted by atomic mass is 16.3. The van der Waals surface area contributed by atoms with Crippen LogP contribution in [-0.2, 0) is 0 Å². The molecule has 0 aromatic heterocycles. The molecule has 2 heteroatoms. The van der Waals surface area contributed by atoms with Crippen molar-refractivity contribution < 1.29 is 5.11 Å². The highest BCUT2D eigenvalue weighted by Crippen LogP contribution is 2.39. The van der Waals surface area contributed by atoms with Gasteiger partial charge in [0.15, 0.2) is 0 Å². The van der Waals surface area contributed by atoms with Gasteiger partial charge in [0.1, 0.15) is 0 Å². The van der Waals surface area contributed by atoms with E-state index in [1.54, 1.807) is 0 Å². The fraction of sp³-hybridized carbons (Fsp3) is 1.00. The summed E-state index contributed by atoms with van der Waals surface area (Å²) in [6.07, 6.45) is 13.4. The number of rotatable bonds is 3. The molecule has 110 valence electrons. The third-order valence-corrected chi connectivity index (χ3v) is 6.23. The predicted molar refractivity (Wildman–Crippen MR) is 79.1 cm³/mol. The molecule has 0 amide bonds. The second kappa shape index (κ2) is 6.13. The second-order valence-corrected chi connectivity index (χ2v) is 7.19. The highest BCUT2D eigenvalue weighted by Gasteiger charge is 2.41. The molecule has 2 saturated carbocycles. The molecule has 0 aromatic rings. The van der Waals surface area contributed by atoms with E-state index in [2.05, 4.69) is 11.8 Å². The van der Waals surface area contributed by atoms with E-state index >= 15 is 0 Å². The first-order chi connectivity index (χ1) is 9.29. The molecule has 3 unspecified atom stereocenters. The zero-order valence-corrected chi connectivity index (χ0v) is 12.6. The van der Waals surface area contributed by atoms with E-state index < -0.39 is 0 Å². The minimum absolute atomic E-state index is 0.00224. The smallest absolute Gasteiger partial charge is 0.0583 e. The van der Waals surface area contributed by atoms with Gasteiger partial charge in [-0.05, 0) is 63.8 Å². The van der Waals surface area contributed by atoms with Crippen molar-refractivity contribution in [2.75, 3.05) is 6.54 Å². The Bertz CT molecular complexity index is 285. The molecule has 2 aliphatic carbocycles. The Balaban J connectivity index is 1.60. The zero-order valence-electron chi connectivity index (χ0n) is 12.6. The van der Waals surface area contributed by atoms with Gasteiger partial charge < -0.3 is 5.11 Å². The lowest BCUT2D eigenvalue weighted by Crippen LogP contribution is -2.46. The molecule has 3 fully saturated rings. The van der Waals surface area contributed by atoms with Crippen LogP contribution in [-0.4, -0.2) is 34.7 Å². The van der Waals surface area contributed by atoms with Crippen LogP contribution in [0.25, 0.3) is 0 Å². The van der Waals surface area contributed by atoms with Crippen molar-refractivity contribution >= 4 is 0 Å². The number of aliphatic hydroxyl groups excluding tert-OH is 1.